The fraction of sp³-hybridized carbons (Fsp3) is 0.571. The lowest BCUT2D eigenvalue weighted by atomic mass is 9.91. The standard InChI is InChI=1S/C21H30O5/c1-2-3-5-14-20-25-15-16(10-6-4-7-13-19(23)24)21(26-20)17-11-8-9-12-18(17)22/h4,6,8-9,11-12,16,20-22H,2-3,5,7,10,13-15H2,1H3,(H,23,24)/b6-4-/t16-,20?,21+/m1/s1. The largest absolute Gasteiger partial charge is 0.508 e. The number of para-hydroxylation sites is 1. The fourth-order valence-corrected chi connectivity index (χ4v) is 3.19. The van der Waals surface area contributed by atoms with Gasteiger partial charge in [-0.1, -0.05) is 50.1 Å². The number of allylic oxidation sites excluding steroid dienone is 2. The quantitative estimate of drug-likeness (QED) is 0.461. The van der Waals surface area contributed by atoms with E-state index in [0.717, 1.165) is 37.7 Å². The second kappa shape index (κ2) is 11.0. The normalized spacial score (nSPS) is 23.3. The summed E-state index contributed by atoms with van der Waals surface area (Å²) in [5, 5.41) is 18.9. The van der Waals surface area contributed by atoms with Gasteiger partial charge in [0, 0.05) is 17.9 Å². The van der Waals surface area contributed by atoms with Crippen LogP contribution in [0.25, 0.3) is 0 Å². The molecule has 2 N–H and O–H groups in total. The summed E-state index contributed by atoms with van der Waals surface area (Å²) in [6, 6.07) is 7.28. The predicted octanol–water partition coefficient (Wildman–Crippen LogP) is 4.81. The maximum atomic E-state index is 10.6. The van der Waals surface area contributed by atoms with Crippen molar-refractivity contribution in [3.8, 4) is 5.75 Å². The third-order valence-corrected chi connectivity index (χ3v) is 4.64. The highest BCUT2D eigenvalue weighted by Gasteiger charge is 2.33. The van der Waals surface area contributed by atoms with Crippen LogP contribution in [-0.4, -0.2) is 29.1 Å². The number of phenolic OH excluding ortho intramolecular Hbond substituents is 1. The number of phenols is 1. The number of aromatic hydroxyl groups is 1. The second-order valence-electron chi connectivity index (χ2n) is 6.77. The molecule has 0 saturated carbocycles. The Kier molecular flexibility index (Phi) is 8.65. The predicted molar refractivity (Wildman–Crippen MR) is 99.9 cm³/mol. The Bertz CT molecular complexity index is 584. The van der Waals surface area contributed by atoms with Gasteiger partial charge in [-0.3, -0.25) is 4.79 Å². The zero-order valence-corrected chi connectivity index (χ0v) is 15.5. The summed E-state index contributed by atoms with van der Waals surface area (Å²) in [6.07, 6.45) is 9.03. The monoisotopic (exact) mass is 362 g/mol. The van der Waals surface area contributed by atoms with Crippen LogP contribution < -0.4 is 0 Å². The van der Waals surface area contributed by atoms with E-state index in [4.69, 9.17) is 14.6 Å². The molecular formula is C21H30O5. The lowest BCUT2D eigenvalue weighted by Gasteiger charge is -2.37. The van der Waals surface area contributed by atoms with E-state index in [-0.39, 0.29) is 30.5 Å². The second-order valence-corrected chi connectivity index (χ2v) is 6.77. The van der Waals surface area contributed by atoms with E-state index in [0.29, 0.717) is 13.0 Å². The number of carboxylic acid groups (broad SMARTS) is 1. The summed E-state index contributed by atoms with van der Waals surface area (Å²) in [6.45, 7) is 2.74. The van der Waals surface area contributed by atoms with Crippen LogP contribution in [0.15, 0.2) is 36.4 Å². The summed E-state index contributed by atoms with van der Waals surface area (Å²) in [5.41, 5.74) is 0.792. The highest BCUT2D eigenvalue weighted by molar-refractivity contribution is 5.66. The van der Waals surface area contributed by atoms with Crippen molar-refractivity contribution in [1.29, 1.82) is 0 Å². The lowest BCUT2D eigenvalue weighted by molar-refractivity contribution is -0.241. The summed E-state index contributed by atoms with van der Waals surface area (Å²) < 4.78 is 12.1. The first-order chi connectivity index (χ1) is 12.6. The molecule has 1 saturated heterocycles. The van der Waals surface area contributed by atoms with Gasteiger partial charge in [-0.2, -0.15) is 0 Å². The fourth-order valence-electron chi connectivity index (χ4n) is 3.19. The first kappa shape index (κ1) is 20.5. The van der Waals surface area contributed by atoms with Crippen molar-refractivity contribution in [2.24, 2.45) is 5.92 Å². The molecular weight excluding hydrogens is 332 g/mol. The number of carboxylic acids is 1. The van der Waals surface area contributed by atoms with Crippen molar-refractivity contribution in [1.82, 2.24) is 0 Å². The van der Waals surface area contributed by atoms with Crippen LogP contribution >= 0.6 is 0 Å². The van der Waals surface area contributed by atoms with E-state index in [2.05, 4.69) is 6.92 Å². The molecule has 1 aliphatic rings. The van der Waals surface area contributed by atoms with Crippen LogP contribution in [0.3, 0.4) is 0 Å². The van der Waals surface area contributed by atoms with Crippen molar-refractivity contribution in [2.45, 2.75) is 64.3 Å². The highest BCUT2D eigenvalue weighted by atomic mass is 16.7. The number of hydrogen-bond acceptors (Lipinski definition) is 4. The van der Waals surface area contributed by atoms with Crippen molar-refractivity contribution in [3.63, 3.8) is 0 Å². The zero-order chi connectivity index (χ0) is 18.8. The molecule has 26 heavy (non-hydrogen) atoms. The van der Waals surface area contributed by atoms with Gasteiger partial charge in [0.2, 0.25) is 0 Å². The molecule has 1 aromatic rings. The Morgan fingerprint density at radius 3 is 2.81 bits per heavy atom. The van der Waals surface area contributed by atoms with Crippen LogP contribution in [0, 0.1) is 5.92 Å². The SMILES string of the molecule is CCCCCC1OC[C@@H](C/C=C\CCC(=O)O)[C@@H](c2ccccc2O)O1. The van der Waals surface area contributed by atoms with Gasteiger partial charge < -0.3 is 19.7 Å². The Labute approximate surface area is 155 Å². The molecule has 1 aliphatic heterocycles. The van der Waals surface area contributed by atoms with Crippen LogP contribution in [-0.2, 0) is 14.3 Å². The van der Waals surface area contributed by atoms with Crippen molar-refractivity contribution >= 4 is 5.97 Å². The molecule has 1 unspecified atom stereocenters. The number of unbranched alkanes of at least 4 members (excludes halogenated alkanes) is 2. The van der Waals surface area contributed by atoms with E-state index < -0.39 is 5.97 Å². The first-order valence-electron chi connectivity index (χ1n) is 9.53. The molecule has 1 fully saturated rings. The van der Waals surface area contributed by atoms with Gasteiger partial charge in [-0.25, -0.2) is 0 Å². The molecule has 5 heteroatoms. The summed E-state index contributed by atoms with van der Waals surface area (Å²) >= 11 is 0. The van der Waals surface area contributed by atoms with Crippen molar-refractivity contribution in [3.05, 3.63) is 42.0 Å². The maximum absolute atomic E-state index is 10.6. The average Bonchev–Trinajstić information content (AvgIpc) is 2.63. The van der Waals surface area contributed by atoms with E-state index in [9.17, 15) is 9.90 Å². The number of hydrogen-bond donors (Lipinski definition) is 2. The van der Waals surface area contributed by atoms with Crippen LogP contribution in [0.1, 0.15) is 63.5 Å². The molecule has 0 radical (unpaired) electrons. The summed E-state index contributed by atoms with van der Waals surface area (Å²) in [4.78, 5) is 10.6. The van der Waals surface area contributed by atoms with E-state index in [1.54, 1.807) is 12.1 Å². The van der Waals surface area contributed by atoms with Gasteiger partial charge in [0.15, 0.2) is 6.29 Å². The smallest absolute Gasteiger partial charge is 0.303 e. The third-order valence-electron chi connectivity index (χ3n) is 4.64. The average molecular weight is 362 g/mol. The third kappa shape index (κ3) is 6.46. The molecule has 144 valence electrons. The molecule has 0 aromatic heterocycles. The lowest BCUT2D eigenvalue weighted by Crippen LogP contribution is -2.34. The Hall–Kier alpha value is -1.85. The molecule has 0 aliphatic carbocycles. The minimum Gasteiger partial charge on any atom is -0.508 e. The minimum atomic E-state index is -0.791. The molecule has 5 nitrogen and oxygen atoms in total. The topological polar surface area (TPSA) is 76.0 Å². The summed E-state index contributed by atoms with van der Waals surface area (Å²) in [7, 11) is 0. The van der Waals surface area contributed by atoms with Gasteiger partial charge in [-0.05, 0) is 31.7 Å². The van der Waals surface area contributed by atoms with E-state index in [1.165, 1.54) is 0 Å². The molecule has 1 heterocycles. The number of rotatable bonds is 10. The maximum Gasteiger partial charge on any atom is 0.303 e. The van der Waals surface area contributed by atoms with E-state index in [1.807, 2.05) is 24.3 Å². The van der Waals surface area contributed by atoms with Gasteiger partial charge >= 0.3 is 5.97 Å². The Balaban J connectivity index is 2.01. The molecule has 0 spiro atoms. The van der Waals surface area contributed by atoms with Gasteiger partial charge in [0.25, 0.3) is 0 Å². The summed E-state index contributed by atoms with van der Waals surface area (Å²) in [5.74, 6) is -0.459. The van der Waals surface area contributed by atoms with Gasteiger partial charge in [0.1, 0.15) is 5.75 Å². The highest BCUT2D eigenvalue weighted by Crippen LogP contribution is 2.39. The van der Waals surface area contributed by atoms with Crippen LogP contribution in [0.5, 0.6) is 5.75 Å². The molecule has 0 amide bonds. The number of aliphatic carboxylic acids is 1. The molecule has 2 rings (SSSR count). The molecule has 3 atom stereocenters. The van der Waals surface area contributed by atoms with Crippen molar-refractivity contribution < 1.29 is 24.5 Å². The van der Waals surface area contributed by atoms with Crippen LogP contribution in [0.4, 0.5) is 0 Å². The minimum absolute atomic E-state index is 0.0896. The first-order valence-corrected chi connectivity index (χ1v) is 9.53. The zero-order valence-electron chi connectivity index (χ0n) is 15.5. The Morgan fingerprint density at radius 1 is 1.27 bits per heavy atom. The van der Waals surface area contributed by atoms with Crippen molar-refractivity contribution in [2.75, 3.05) is 6.61 Å². The number of benzene rings is 1. The van der Waals surface area contributed by atoms with Gasteiger partial charge in [0.05, 0.1) is 12.7 Å². The van der Waals surface area contributed by atoms with E-state index >= 15 is 0 Å². The number of ether oxygens (including phenoxy) is 2. The number of carbonyl (C=O) groups is 1. The molecule has 0 bridgehead atoms. The molecule has 1 aromatic carbocycles. The van der Waals surface area contributed by atoms with Crippen LogP contribution in [0.2, 0.25) is 0 Å². The Morgan fingerprint density at radius 2 is 2.08 bits per heavy atom. The van der Waals surface area contributed by atoms with Gasteiger partial charge in [-0.15, -0.1) is 0 Å².